The number of aromatic nitrogens is 2. The second-order valence-corrected chi connectivity index (χ2v) is 23.0. The third-order valence-corrected chi connectivity index (χ3v) is 16.9. The van der Waals surface area contributed by atoms with Crippen LogP contribution in [-0.4, -0.2) is 15.8 Å². The molecule has 3 aromatic heterocycles. The average Bonchev–Trinajstić information content (AvgIpc) is 4.00. The second-order valence-electron chi connectivity index (χ2n) is 21.9. The van der Waals surface area contributed by atoms with Crippen LogP contribution in [-0.2, 0) is 10.8 Å². The second kappa shape index (κ2) is 13.4. The molecule has 0 saturated carbocycles. The fourth-order valence-electron chi connectivity index (χ4n) is 12.5. The molecule has 0 saturated heterocycles. The molecule has 0 spiro atoms. The van der Waals surface area contributed by atoms with Crippen LogP contribution in [0.4, 0.5) is 34.1 Å². The summed E-state index contributed by atoms with van der Waals surface area (Å²) in [5, 5.41) is 7.77. The number of hydrogen-bond donors (Lipinski definition) is 0. The highest BCUT2D eigenvalue weighted by molar-refractivity contribution is 7.25. The van der Waals surface area contributed by atoms with Crippen LogP contribution in [0.1, 0.15) is 58.2 Å². The van der Waals surface area contributed by atoms with E-state index in [0.29, 0.717) is 0 Å². The van der Waals surface area contributed by atoms with Crippen molar-refractivity contribution >= 4 is 132 Å². The summed E-state index contributed by atoms with van der Waals surface area (Å²) < 4.78 is 7.69. The standard InChI is InChI=1S/C63H49BN4S/c1-36-30-55-59-56(31-36)68-52-19-12-16-43-41-14-8-10-18-49(41)67(60(43)52)53-20-13-17-48(61(53)68)64(59)47-26-24-40(35-54(47)66(55)39-25-29-58-46(34-39)42-15-9-11-21-57(42)69-58)65-50-27-22-37(62(2,3)4)32-44(50)45-33-38(63(5,6)7)23-28-51(45)65/h8-35H,1-7H3. The summed E-state index contributed by atoms with van der Waals surface area (Å²) in [7, 11) is 0. The number of nitrogens with zero attached hydrogens (tertiary/aromatic N) is 4. The van der Waals surface area contributed by atoms with E-state index in [2.05, 4.69) is 237 Å². The van der Waals surface area contributed by atoms with E-state index in [1.165, 1.54) is 137 Å². The minimum Gasteiger partial charge on any atom is -0.311 e. The topological polar surface area (TPSA) is 16.3 Å². The Hall–Kier alpha value is -7.54. The zero-order chi connectivity index (χ0) is 46.4. The lowest BCUT2D eigenvalue weighted by Gasteiger charge is -2.46. The van der Waals surface area contributed by atoms with Crippen molar-refractivity contribution in [1.82, 2.24) is 9.13 Å². The van der Waals surface area contributed by atoms with Gasteiger partial charge in [0.05, 0.1) is 39.1 Å². The molecule has 3 aliphatic heterocycles. The monoisotopic (exact) mass is 904 g/mol. The van der Waals surface area contributed by atoms with Crippen LogP contribution in [0.25, 0.3) is 75.2 Å². The largest absolute Gasteiger partial charge is 0.311 e. The van der Waals surface area contributed by atoms with Crippen molar-refractivity contribution in [3.63, 3.8) is 0 Å². The fraction of sp³-hybridized carbons (Fsp3) is 0.143. The van der Waals surface area contributed by atoms with Crippen LogP contribution >= 0.6 is 11.3 Å². The summed E-state index contributed by atoms with van der Waals surface area (Å²) in [5.41, 5.74) is 22.7. The normalized spacial score (nSPS) is 13.9. The molecule has 0 unspecified atom stereocenters. The molecule has 6 heterocycles. The molecule has 0 aliphatic carbocycles. The Balaban J connectivity index is 1.04. The summed E-state index contributed by atoms with van der Waals surface area (Å²) in [6.07, 6.45) is 0. The lowest BCUT2D eigenvalue weighted by molar-refractivity contribution is 0.590. The van der Waals surface area contributed by atoms with Gasteiger partial charge in [0.25, 0.3) is 6.71 Å². The van der Waals surface area contributed by atoms with E-state index < -0.39 is 0 Å². The molecule has 12 aromatic rings. The van der Waals surface area contributed by atoms with Crippen molar-refractivity contribution in [2.24, 2.45) is 0 Å². The molecule has 330 valence electrons. The lowest BCUT2D eigenvalue weighted by Crippen LogP contribution is -2.61. The van der Waals surface area contributed by atoms with Crippen molar-refractivity contribution in [3.05, 3.63) is 187 Å². The van der Waals surface area contributed by atoms with Gasteiger partial charge < -0.3 is 18.9 Å². The van der Waals surface area contributed by atoms with Crippen LogP contribution in [0.15, 0.2) is 170 Å². The molecular formula is C63H49BN4S. The lowest BCUT2D eigenvalue weighted by atomic mass is 9.33. The van der Waals surface area contributed by atoms with Crippen molar-refractivity contribution in [1.29, 1.82) is 0 Å². The summed E-state index contributed by atoms with van der Waals surface area (Å²) in [4.78, 5) is 5.21. The van der Waals surface area contributed by atoms with Crippen LogP contribution in [0.2, 0.25) is 0 Å². The van der Waals surface area contributed by atoms with Gasteiger partial charge in [-0.25, -0.2) is 0 Å². The fourth-order valence-corrected chi connectivity index (χ4v) is 13.6. The van der Waals surface area contributed by atoms with Crippen molar-refractivity contribution in [2.45, 2.75) is 59.3 Å². The Labute approximate surface area is 406 Å². The maximum Gasteiger partial charge on any atom is 0.252 e. The van der Waals surface area contributed by atoms with E-state index >= 15 is 0 Å². The number of anilines is 6. The van der Waals surface area contributed by atoms with Crippen LogP contribution in [0.5, 0.6) is 0 Å². The van der Waals surface area contributed by atoms with Gasteiger partial charge in [0.15, 0.2) is 0 Å². The Bertz CT molecular complexity index is 4190. The summed E-state index contributed by atoms with van der Waals surface area (Å²) in [5.74, 6) is 0. The number of thiophene rings is 1. The molecule has 0 amide bonds. The number of para-hydroxylation sites is 3. The molecule has 3 aliphatic rings. The number of aryl methyl sites for hydroxylation is 1. The highest BCUT2D eigenvalue weighted by Crippen LogP contribution is 2.53. The van der Waals surface area contributed by atoms with Crippen LogP contribution in [0.3, 0.4) is 0 Å². The SMILES string of the molecule is Cc1cc2c3c(c1)N1c4c(cccc4-n4c5ccccc5c5cccc1c54)B3c1ccc(-n3c4ccc(C(C)(C)C)cc4c4cc(C(C)(C)C)ccc43)cc1N2c1ccc2sc3ccccc3c2c1. The van der Waals surface area contributed by atoms with Crippen molar-refractivity contribution < 1.29 is 0 Å². The predicted molar refractivity (Wildman–Crippen MR) is 298 cm³/mol. The van der Waals surface area contributed by atoms with Gasteiger partial charge in [-0.2, -0.15) is 0 Å². The first-order valence-corrected chi connectivity index (χ1v) is 25.3. The molecule has 0 bridgehead atoms. The Kier molecular flexibility index (Phi) is 7.65. The smallest absolute Gasteiger partial charge is 0.252 e. The zero-order valence-electron chi connectivity index (χ0n) is 39.9. The van der Waals surface area contributed by atoms with Gasteiger partial charge in [-0.05, 0) is 142 Å². The van der Waals surface area contributed by atoms with Crippen molar-refractivity contribution in [2.75, 3.05) is 9.80 Å². The summed E-state index contributed by atoms with van der Waals surface area (Å²) in [6, 6.07) is 65.5. The molecule has 4 nitrogen and oxygen atoms in total. The highest BCUT2D eigenvalue weighted by Gasteiger charge is 2.46. The van der Waals surface area contributed by atoms with Gasteiger partial charge in [0, 0.05) is 70.2 Å². The first kappa shape index (κ1) is 39.5. The number of hydrogen-bond acceptors (Lipinski definition) is 3. The average molecular weight is 905 g/mol. The van der Waals surface area contributed by atoms with Gasteiger partial charge in [0.2, 0.25) is 0 Å². The van der Waals surface area contributed by atoms with Gasteiger partial charge in [-0.15, -0.1) is 11.3 Å². The number of fused-ring (bicyclic) bond motifs is 15. The summed E-state index contributed by atoms with van der Waals surface area (Å²) >= 11 is 1.88. The number of rotatable bonds is 2. The Morgan fingerprint density at radius 2 is 1.03 bits per heavy atom. The number of benzene rings is 9. The molecule has 0 fully saturated rings. The molecule has 0 atom stereocenters. The highest BCUT2D eigenvalue weighted by atomic mass is 32.1. The maximum atomic E-state index is 2.61. The zero-order valence-corrected chi connectivity index (χ0v) is 40.8. The van der Waals surface area contributed by atoms with Crippen LogP contribution < -0.4 is 26.2 Å². The van der Waals surface area contributed by atoms with E-state index in [1.807, 2.05) is 11.3 Å². The minimum absolute atomic E-state index is 0.00257. The third kappa shape index (κ3) is 5.25. The van der Waals surface area contributed by atoms with E-state index in [9.17, 15) is 0 Å². The van der Waals surface area contributed by atoms with Gasteiger partial charge in [0.1, 0.15) is 0 Å². The summed E-state index contributed by atoms with van der Waals surface area (Å²) in [6.45, 7) is 16.2. The molecule has 6 heteroatoms. The van der Waals surface area contributed by atoms with E-state index in [1.54, 1.807) is 0 Å². The van der Waals surface area contributed by atoms with Crippen molar-refractivity contribution in [3.8, 4) is 11.4 Å². The Morgan fingerprint density at radius 1 is 0.406 bits per heavy atom. The maximum absolute atomic E-state index is 2.61. The molecule has 0 radical (unpaired) electrons. The minimum atomic E-state index is -0.00257. The van der Waals surface area contributed by atoms with Gasteiger partial charge >= 0.3 is 0 Å². The Morgan fingerprint density at radius 3 is 1.78 bits per heavy atom. The first-order chi connectivity index (χ1) is 33.4. The van der Waals surface area contributed by atoms with E-state index in [0.717, 1.165) is 5.69 Å². The third-order valence-electron chi connectivity index (χ3n) is 15.7. The van der Waals surface area contributed by atoms with Gasteiger partial charge in [-0.1, -0.05) is 120 Å². The van der Waals surface area contributed by atoms with Gasteiger partial charge in [-0.3, -0.25) is 0 Å². The van der Waals surface area contributed by atoms with E-state index in [-0.39, 0.29) is 17.5 Å². The first-order valence-electron chi connectivity index (χ1n) is 24.5. The molecule has 69 heavy (non-hydrogen) atoms. The molecular weight excluding hydrogens is 856 g/mol. The molecule has 15 rings (SSSR count). The molecule has 9 aromatic carbocycles. The molecule has 0 N–H and O–H groups in total. The van der Waals surface area contributed by atoms with E-state index in [4.69, 9.17) is 0 Å². The quantitative estimate of drug-likeness (QED) is 0.161. The van der Waals surface area contributed by atoms with Crippen LogP contribution in [0, 0.1) is 6.92 Å². The predicted octanol–water partition coefficient (Wildman–Crippen LogP) is 15.5.